The van der Waals surface area contributed by atoms with Crippen molar-refractivity contribution in [1.29, 1.82) is 0 Å². The molecule has 0 spiro atoms. The summed E-state index contributed by atoms with van der Waals surface area (Å²) in [6.45, 7) is 4.39. The molecule has 0 atom stereocenters. The lowest BCUT2D eigenvalue weighted by atomic mass is 10.1. The summed E-state index contributed by atoms with van der Waals surface area (Å²) < 4.78 is 30.9. The van der Waals surface area contributed by atoms with Gasteiger partial charge in [0.1, 0.15) is 4.88 Å². The molecule has 8 nitrogen and oxygen atoms in total. The third-order valence-electron chi connectivity index (χ3n) is 5.41. The van der Waals surface area contributed by atoms with Gasteiger partial charge in [0.2, 0.25) is 10.0 Å². The topological polar surface area (TPSA) is 96.9 Å². The van der Waals surface area contributed by atoms with Crippen molar-refractivity contribution in [3.63, 3.8) is 0 Å². The van der Waals surface area contributed by atoms with Crippen LogP contribution in [0.1, 0.15) is 44.6 Å². The van der Waals surface area contributed by atoms with Gasteiger partial charge >= 0.3 is 5.97 Å². The van der Waals surface area contributed by atoms with Gasteiger partial charge < -0.3 is 4.74 Å². The number of aromatic nitrogens is 1. The van der Waals surface area contributed by atoms with E-state index in [1.807, 2.05) is 30.3 Å². The quantitative estimate of drug-likeness (QED) is 0.456. The molecule has 1 aliphatic heterocycles. The summed E-state index contributed by atoms with van der Waals surface area (Å²) in [6.07, 6.45) is 0.583. The first-order valence-electron chi connectivity index (χ1n) is 10.9. The van der Waals surface area contributed by atoms with Gasteiger partial charge in [-0.1, -0.05) is 41.7 Å². The van der Waals surface area contributed by atoms with Gasteiger partial charge in [0.05, 0.1) is 30.3 Å². The van der Waals surface area contributed by atoms with E-state index in [1.54, 1.807) is 38.1 Å². The fourth-order valence-electron chi connectivity index (χ4n) is 3.73. The van der Waals surface area contributed by atoms with Gasteiger partial charge in [-0.25, -0.2) is 18.2 Å². The van der Waals surface area contributed by atoms with Crippen molar-refractivity contribution < 1.29 is 22.7 Å². The highest BCUT2D eigenvalue weighted by atomic mass is 32.2. The van der Waals surface area contributed by atoms with Gasteiger partial charge in [-0.2, -0.15) is 0 Å². The molecule has 0 saturated carbocycles. The van der Waals surface area contributed by atoms with Crippen LogP contribution in [0, 0.1) is 6.92 Å². The van der Waals surface area contributed by atoms with Gasteiger partial charge in [-0.05, 0) is 50.1 Å². The molecule has 1 saturated heterocycles. The Morgan fingerprint density at radius 1 is 1.12 bits per heavy atom. The Kier molecular flexibility index (Phi) is 6.99. The van der Waals surface area contributed by atoms with Gasteiger partial charge in [0, 0.05) is 12.1 Å². The lowest BCUT2D eigenvalue weighted by molar-refractivity contribution is 0.0531. The number of sulfonamides is 1. The Balaban J connectivity index is 1.66. The molecule has 1 aromatic heterocycles. The van der Waals surface area contributed by atoms with Crippen LogP contribution in [-0.4, -0.2) is 44.2 Å². The summed E-state index contributed by atoms with van der Waals surface area (Å²) in [4.78, 5) is 32.3. The van der Waals surface area contributed by atoms with Crippen LogP contribution in [-0.2, 0) is 21.3 Å². The van der Waals surface area contributed by atoms with Crippen LogP contribution in [0.3, 0.4) is 0 Å². The van der Waals surface area contributed by atoms with E-state index >= 15 is 0 Å². The molecule has 0 N–H and O–H groups in total. The molecule has 0 bridgehead atoms. The highest BCUT2D eigenvalue weighted by Crippen LogP contribution is 2.30. The van der Waals surface area contributed by atoms with Crippen LogP contribution >= 0.6 is 11.3 Å². The lowest BCUT2D eigenvalue weighted by Crippen LogP contribution is -2.30. The van der Waals surface area contributed by atoms with Crippen LogP contribution in [0.4, 0.5) is 10.8 Å². The van der Waals surface area contributed by atoms with Gasteiger partial charge in [-0.3, -0.25) is 14.0 Å². The molecule has 0 aliphatic carbocycles. The predicted molar refractivity (Wildman–Crippen MR) is 132 cm³/mol. The molecule has 4 rings (SSSR count). The summed E-state index contributed by atoms with van der Waals surface area (Å²) in [5.41, 5.74) is 2.33. The molecule has 178 valence electrons. The number of anilines is 2. The third-order valence-corrected chi connectivity index (χ3v) is 8.44. The number of nitrogens with zero attached hydrogens (tertiary/aromatic N) is 3. The van der Waals surface area contributed by atoms with E-state index in [4.69, 9.17) is 4.74 Å². The fourth-order valence-corrected chi connectivity index (χ4v) is 6.25. The first kappa shape index (κ1) is 23.9. The zero-order chi connectivity index (χ0) is 24.3. The Bertz CT molecular complexity index is 1290. The maximum Gasteiger partial charge on any atom is 0.350 e. The van der Waals surface area contributed by atoms with E-state index in [0.29, 0.717) is 39.9 Å². The van der Waals surface area contributed by atoms with Crippen LogP contribution in [0.5, 0.6) is 0 Å². The van der Waals surface area contributed by atoms with Crippen molar-refractivity contribution in [3.8, 4) is 0 Å². The number of benzene rings is 2. The summed E-state index contributed by atoms with van der Waals surface area (Å²) in [7, 11) is -3.30. The molecule has 10 heteroatoms. The molecule has 0 unspecified atom stereocenters. The minimum Gasteiger partial charge on any atom is -0.462 e. The average molecular weight is 500 g/mol. The minimum atomic E-state index is -3.30. The lowest BCUT2D eigenvalue weighted by Gasteiger charge is -2.21. The largest absolute Gasteiger partial charge is 0.462 e. The highest BCUT2D eigenvalue weighted by molar-refractivity contribution is 7.93. The molecule has 2 aromatic carbocycles. The summed E-state index contributed by atoms with van der Waals surface area (Å²) in [6, 6.07) is 16.0. The van der Waals surface area contributed by atoms with E-state index in [9.17, 15) is 18.0 Å². The monoisotopic (exact) mass is 499 g/mol. The van der Waals surface area contributed by atoms with E-state index < -0.39 is 16.0 Å². The number of rotatable bonds is 7. The second kappa shape index (κ2) is 9.94. The van der Waals surface area contributed by atoms with Gasteiger partial charge in [0.15, 0.2) is 5.13 Å². The molecule has 34 heavy (non-hydrogen) atoms. The van der Waals surface area contributed by atoms with Crippen molar-refractivity contribution >= 4 is 44.1 Å². The maximum atomic E-state index is 13.6. The normalized spacial score (nSPS) is 14.7. The molecular weight excluding hydrogens is 474 g/mol. The third kappa shape index (κ3) is 4.97. The van der Waals surface area contributed by atoms with Gasteiger partial charge in [0.25, 0.3) is 5.91 Å². The standard InChI is InChI=1S/C24H25N3O5S2/c1-3-32-23(29)21-17(2)25-24(33-21)26(16-18-8-5-4-6-9-18)22(28)19-10-12-20(13-11-19)27-14-7-15-34(27,30)31/h4-6,8-13H,3,7,14-16H2,1-2H3. The van der Waals surface area contributed by atoms with Crippen molar-refractivity contribution in [2.75, 3.05) is 28.1 Å². The number of aryl methyl sites for hydroxylation is 1. The maximum absolute atomic E-state index is 13.6. The molecular formula is C24H25N3O5S2. The second-order valence-corrected chi connectivity index (χ2v) is 10.8. The van der Waals surface area contributed by atoms with E-state index in [0.717, 1.165) is 16.9 Å². The molecule has 1 aliphatic rings. The van der Waals surface area contributed by atoms with Crippen molar-refractivity contribution in [2.24, 2.45) is 0 Å². The number of hydrogen-bond acceptors (Lipinski definition) is 7. The average Bonchev–Trinajstić information content (AvgIpc) is 3.39. The van der Waals surface area contributed by atoms with Crippen molar-refractivity contribution in [3.05, 3.63) is 76.3 Å². The van der Waals surface area contributed by atoms with Crippen LogP contribution < -0.4 is 9.21 Å². The SMILES string of the molecule is CCOC(=O)c1sc(N(Cc2ccccc2)C(=O)c2ccc(N3CCCS3(=O)=O)cc2)nc1C. The summed E-state index contributed by atoms with van der Waals surface area (Å²) >= 11 is 1.11. The van der Waals surface area contributed by atoms with E-state index in [-0.39, 0.29) is 24.8 Å². The first-order valence-corrected chi connectivity index (χ1v) is 13.3. The first-order chi connectivity index (χ1) is 16.3. The van der Waals surface area contributed by atoms with Gasteiger partial charge in [-0.15, -0.1) is 0 Å². The Morgan fingerprint density at radius 2 is 1.82 bits per heavy atom. The molecule has 1 amide bonds. The Hall–Kier alpha value is -3.24. The Labute approximate surface area is 202 Å². The van der Waals surface area contributed by atoms with E-state index in [1.165, 1.54) is 9.21 Å². The molecule has 1 fully saturated rings. The van der Waals surface area contributed by atoms with Crippen LogP contribution in [0.25, 0.3) is 0 Å². The predicted octanol–water partition coefficient (Wildman–Crippen LogP) is 4.02. The summed E-state index contributed by atoms with van der Waals surface area (Å²) in [5, 5.41) is 0.389. The number of esters is 1. The fraction of sp³-hybridized carbons (Fsp3) is 0.292. The summed E-state index contributed by atoms with van der Waals surface area (Å²) in [5.74, 6) is -0.638. The second-order valence-electron chi connectivity index (χ2n) is 7.80. The number of thiazole rings is 1. The Morgan fingerprint density at radius 3 is 2.44 bits per heavy atom. The van der Waals surface area contributed by atoms with Crippen LogP contribution in [0.15, 0.2) is 54.6 Å². The highest BCUT2D eigenvalue weighted by Gasteiger charge is 2.29. The number of ether oxygens (including phenoxy) is 1. The minimum absolute atomic E-state index is 0.130. The van der Waals surface area contributed by atoms with E-state index in [2.05, 4.69) is 4.98 Å². The molecule has 2 heterocycles. The van der Waals surface area contributed by atoms with Crippen LogP contribution in [0.2, 0.25) is 0 Å². The van der Waals surface area contributed by atoms with Crippen molar-refractivity contribution in [2.45, 2.75) is 26.8 Å². The number of carbonyl (C=O) groups is 2. The number of carbonyl (C=O) groups excluding carboxylic acids is 2. The molecule has 3 aromatic rings. The zero-order valence-electron chi connectivity index (χ0n) is 18.9. The smallest absolute Gasteiger partial charge is 0.350 e. The zero-order valence-corrected chi connectivity index (χ0v) is 20.6. The molecule has 0 radical (unpaired) electrons. The number of amides is 1. The van der Waals surface area contributed by atoms with Crippen molar-refractivity contribution in [1.82, 2.24) is 4.98 Å². The number of hydrogen-bond donors (Lipinski definition) is 0.